The number of amides is 3. The van der Waals surface area contributed by atoms with Gasteiger partial charge in [0.15, 0.2) is 11.2 Å². The van der Waals surface area contributed by atoms with Crippen molar-refractivity contribution in [2.75, 3.05) is 7.05 Å². The van der Waals surface area contributed by atoms with E-state index in [1.54, 1.807) is 0 Å². The van der Waals surface area contributed by atoms with E-state index in [4.69, 9.17) is 0 Å². The number of rotatable bonds is 2. The Morgan fingerprint density at radius 1 is 1.23 bits per heavy atom. The molecule has 0 saturated carbocycles. The Hall–Kier alpha value is -2.91. The summed E-state index contributed by atoms with van der Waals surface area (Å²) in [5, 5.41) is 4.39. The number of fused-ring (bicyclic) bond motifs is 1. The molecule has 0 aromatic carbocycles. The number of aryl methyl sites for hydroxylation is 1. The minimum Gasteiger partial charge on any atom is -0.341 e. The average molecular weight is 308 g/mol. The quantitative estimate of drug-likeness (QED) is 0.696. The van der Waals surface area contributed by atoms with Gasteiger partial charge in [0.1, 0.15) is 6.04 Å². The van der Waals surface area contributed by atoms with E-state index in [0.717, 1.165) is 4.57 Å². The second-order valence-corrected chi connectivity index (χ2v) is 4.77. The van der Waals surface area contributed by atoms with E-state index in [1.807, 2.05) is 0 Å². The van der Waals surface area contributed by atoms with E-state index >= 15 is 0 Å². The van der Waals surface area contributed by atoms with Gasteiger partial charge in [-0.15, -0.1) is 0 Å². The highest BCUT2D eigenvalue weighted by atomic mass is 16.2. The molecule has 0 aliphatic carbocycles. The zero-order valence-corrected chi connectivity index (χ0v) is 12.6. The monoisotopic (exact) mass is 308 g/mol. The number of nitrogens with one attached hydrogen (secondary N) is 2. The lowest BCUT2D eigenvalue weighted by molar-refractivity contribution is -0.122. The van der Waals surface area contributed by atoms with Crippen LogP contribution in [0.25, 0.3) is 11.2 Å². The van der Waals surface area contributed by atoms with Gasteiger partial charge in [0.05, 0.1) is 6.33 Å². The van der Waals surface area contributed by atoms with Crippen LogP contribution in [0.4, 0.5) is 4.79 Å². The molecule has 1 unspecified atom stereocenters. The van der Waals surface area contributed by atoms with Gasteiger partial charge in [0.25, 0.3) is 11.5 Å². The van der Waals surface area contributed by atoms with Crippen molar-refractivity contribution in [2.45, 2.75) is 13.0 Å². The first-order valence-electron chi connectivity index (χ1n) is 6.44. The van der Waals surface area contributed by atoms with Crippen molar-refractivity contribution >= 4 is 23.1 Å². The molecule has 1 atom stereocenters. The summed E-state index contributed by atoms with van der Waals surface area (Å²) in [5.74, 6) is -0.602. The highest BCUT2D eigenvalue weighted by Crippen LogP contribution is 2.13. The van der Waals surface area contributed by atoms with Crippen LogP contribution in [0, 0.1) is 0 Å². The predicted molar refractivity (Wildman–Crippen MR) is 77.5 cm³/mol. The fourth-order valence-electron chi connectivity index (χ4n) is 2.06. The molecule has 0 fully saturated rings. The Morgan fingerprint density at radius 2 is 1.86 bits per heavy atom. The summed E-state index contributed by atoms with van der Waals surface area (Å²) >= 11 is 0. The van der Waals surface area contributed by atoms with Gasteiger partial charge in [-0.05, 0) is 6.92 Å². The topological polar surface area (TPSA) is 120 Å². The van der Waals surface area contributed by atoms with E-state index < -0.39 is 29.2 Å². The smallest absolute Gasteiger partial charge is 0.332 e. The summed E-state index contributed by atoms with van der Waals surface area (Å²) in [6.45, 7) is 1.52. The van der Waals surface area contributed by atoms with Crippen molar-refractivity contribution in [1.29, 1.82) is 0 Å². The van der Waals surface area contributed by atoms with Crippen molar-refractivity contribution < 1.29 is 9.59 Å². The molecule has 0 saturated heterocycles. The minimum absolute atomic E-state index is 0.115. The number of nitrogens with zero attached hydrogens (tertiary/aromatic N) is 4. The van der Waals surface area contributed by atoms with Crippen LogP contribution < -0.4 is 21.9 Å². The number of hydrogen-bond acceptors (Lipinski definition) is 5. The first-order chi connectivity index (χ1) is 10.3. The zero-order valence-electron chi connectivity index (χ0n) is 12.6. The van der Waals surface area contributed by atoms with E-state index in [1.165, 1.54) is 43.5 Å². The van der Waals surface area contributed by atoms with Gasteiger partial charge in [0, 0.05) is 21.1 Å². The first-order valence-corrected chi connectivity index (χ1v) is 6.44. The number of carbonyl (C=O) groups is 2. The predicted octanol–water partition coefficient (Wildman–Crippen LogP) is -1.55. The lowest BCUT2D eigenvalue weighted by Crippen LogP contribution is -2.42. The molecule has 2 rings (SSSR count). The molecule has 118 valence electrons. The molecule has 2 N–H and O–H groups in total. The van der Waals surface area contributed by atoms with Gasteiger partial charge in [0.2, 0.25) is 0 Å². The van der Waals surface area contributed by atoms with Crippen molar-refractivity contribution in [3.63, 3.8) is 0 Å². The summed E-state index contributed by atoms with van der Waals surface area (Å²) < 4.78 is 3.48. The molecule has 3 amide bonds. The van der Waals surface area contributed by atoms with E-state index in [-0.39, 0.29) is 11.2 Å². The van der Waals surface area contributed by atoms with Gasteiger partial charge in [-0.25, -0.2) is 14.6 Å². The number of carbonyl (C=O) groups excluding carboxylic acids is 2. The van der Waals surface area contributed by atoms with E-state index in [9.17, 15) is 19.2 Å². The number of aromatic nitrogens is 4. The molecule has 0 radical (unpaired) electrons. The van der Waals surface area contributed by atoms with Crippen LogP contribution in [0.15, 0.2) is 15.9 Å². The van der Waals surface area contributed by atoms with Crippen molar-refractivity contribution in [3.8, 4) is 0 Å². The molecular formula is C12H16N6O4. The Balaban J connectivity index is 2.58. The Kier molecular flexibility index (Phi) is 3.85. The van der Waals surface area contributed by atoms with Crippen LogP contribution in [0.3, 0.4) is 0 Å². The first kappa shape index (κ1) is 15.5. The molecule has 10 heteroatoms. The highest BCUT2D eigenvalue weighted by molar-refractivity contribution is 5.96. The average Bonchev–Trinajstić information content (AvgIpc) is 2.94. The summed E-state index contributed by atoms with van der Waals surface area (Å²) in [5.41, 5.74) is -0.780. The second-order valence-electron chi connectivity index (χ2n) is 4.77. The number of urea groups is 1. The molecule has 0 aliphatic rings. The number of imide groups is 1. The second kappa shape index (κ2) is 5.47. The van der Waals surface area contributed by atoms with Gasteiger partial charge in [-0.3, -0.25) is 24.0 Å². The number of hydrogen-bond donors (Lipinski definition) is 2. The third-order valence-electron chi connectivity index (χ3n) is 3.43. The molecule has 2 aromatic rings. The molecule has 2 heterocycles. The normalized spacial score (nSPS) is 12.2. The third-order valence-corrected chi connectivity index (χ3v) is 3.43. The summed E-state index contributed by atoms with van der Waals surface area (Å²) in [7, 11) is 4.21. The van der Waals surface area contributed by atoms with Gasteiger partial charge >= 0.3 is 11.7 Å². The molecule has 0 aliphatic heterocycles. The maximum atomic E-state index is 12.3. The van der Waals surface area contributed by atoms with Crippen molar-refractivity contribution in [3.05, 3.63) is 27.2 Å². The van der Waals surface area contributed by atoms with Crippen LogP contribution in [0.1, 0.15) is 13.0 Å². The van der Waals surface area contributed by atoms with Crippen LogP contribution in [0.2, 0.25) is 0 Å². The Labute approximate surface area is 124 Å². The lowest BCUT2D eigenvalue weighted by atomic mass is 10.3. The fraction of sp³-hybridized carbons (Fsp3) is 0.417. The highest BCUT2D eigenvalue weighted by Gasteiger charge is 2.22. The Bertz CT molecular complexity index is 874. The van der Waals surface area contributed by atoms with Gasteiger partial charge < -0.3 is 9.88 Å². The van der Waals surface area contributed by atoms with Crippen molar-refractivity contribution in [2.24, 2.45) is 14.1 Å². The molecule has 10 nitrogen and oxygen atoms in total. The zero-order chi connectivity index (χ0) is 16.6. The molecule has 22 heavy (non-hydrogen) atoms. The standard InChI is InChI=1S/C12H16N6O4/c1-6(9(19)15-11(21)13-2)18-5-14-8-7(18)10(20)17(4)12(22)16(8)3/h5-6H,1-4H3,(H2,13,15,19,21). The SMILES string of the molecule is CNC(=O)NC(=O)C(C)n1cnc2c1c(=O)n(C)c(=O)n2C. The molecule has 0 spiro atoms. The molecular weight excluding hydrogens is 292 g/mol. The van der Waals surface area contributed by atoms with Crippen LogP contribution in [-0.2, 0) is 18.9 Å². The van der Waals surface area contributed by atoms with E-state index in [0.29, 0.717) is 0 Å². The van der Waals surface area contributed by atoms with Crippen molar-refractivity contribution in [1.82, 2.24) is 29.3 Å². The largest absolute Gasteiger partial charge is 0.341 e. The minimum atomic E-state index is -0.854. The summed E-state index contributed by atoms with van der Waals surface area (Å²) in [6, 6.07) is -1.51. The van der Waals surface area contributed by atoms with Gasteiger partial charge in [-0.1, -0.05) is 0 Å². The fourth-order valence-corrected chi connectivity index (χ4v) is 2.06. The number of imidazole rings is 1. The van der Waals surface area contributed by atoms with E-state index in [2.05, 4.69) is 15.6 Å². The van der Waals surface area contributed by atoms with Gasteiger partial charge in [-0.2, -0.15) is 0 Å². The maximum Gasteiger partial charge on any atom is 0.332 e. The summed E-state index contributed by atoms with van der Waals surface area (Å²) in [4.78, 5) is 51.3. The maximum absolute atomic E-state index is 12.3. The third kappa shape index (κ3) is 2.28. The Morgan fingerprint density at radius 3 is 2.45 bits per heavy atom. The van der Waals surface area contributed by atoms with Crippen LogP contribution in [-0.4, -0.2) is 37.7 Å². The van der Waals surface area contributed by atoms with Crippen LogP contribution in [0.5, 0.6) is 0 Å². The molecule has 2 aromatic heterocycles. The lowest BCUT2D eigenvalue weighted by Gasteiger charge is -2.13. The van der Waals surface area contributed by atoms with Crippen LogP contribution >= 0.6 is 0 Å². The summed E-state index contributed by atoms with van der Waals surface area (Å²) in [6.07, 6.45) is 1.29. The molecule has 0 bridgehead atoms.